The lowest BCUT2D eigenvalue weighted by atomic mass is 10.0. The van der Waals surface area contributed by atoms with Gasteiger partial charge in [0.1, 0.15) is 23.2 Å². The van der Waals surface area contributed by atoms with Gasteiger partial charge in [0.25, 0.3) is 5.91 Å². The molecule has 4 unspecified atom stereocenters. The number of allylic oxidation sites excluding steroid dienone is 1. The van der Waals surface area contributed by atoms with E-state index in [1.807, 2.05) is 12.2 Å². The van der Waals surface area contributed by atoms with Gasteiger partial charge in [-0.25, -0.2) is 9.52 Å². The molecule has 3 N–H and O–H groups in total. The van der Waals surface area contributed by atoms with E-state index in [2.05, 4.69) is 15.4 Å². The van der Waals surface area contributed by atoms with Gasteiger partial charge >= 0.3 is 16.3 Å². The van der Waals surface area contributed by atoms with Gasteiger partial charge in [0.05, 0.1) is 0 Å². The lowest BCUT2D eigenvalue weighted by Crippen LogP contribution is -2.58. The maximum atomic E-state index is 13.6. The van der Waals surface area contributed by atoms with Gasteiger partial charge in [0.2, 0.25) is 11.8 Å². The summed E-state index contributed by atoms with van der Waals surface area (Å²) in [5.41, 5.74) is -2.15. The van der Waals surface area contributed by atoms with E-state index in [0.29, 0.717) is 32.2 Å². The van der Waals surface area contributed by atoms with Gasteiger partial charge < -0.3 is 20.3 Å². The highest BCUT2D eigenvalue weighted by molar-refractivity contribution is 7.87. The van der Waals surface area contributed by atoms with E-state index in [0.717, 1.165) is 23.6 Å². The monoisotopic (exact) mass is 555 g/mol. The summed E-state index contributed by atoms with van der Waals surface area (Å²) in [4.78, 5) is 54.1. The minimum atomic E-state index is -4.06. The van der Waals surface area contributed by atoms with E-state index in [-0.39, 0.29) is 18.2 Å². The molecule has 4 atom stereocenters. The normalized spacial score (nSPS) is 29.7. The van der Waals surface area contributed by atoms with Crippen molar-refractivity contribution in [3.05, 3.63) is 12.2 Å². The summed E-state index contributed by atoms with van der Waals surface area (Å²) in [6.45, 7) is 5.54. The molecule has 2 heterocycles. The first-order valence-corrected chi connectivity index (χ1v) is 14.6. The molecule has 0 radical (unpaired) electrons. The summed E-state index contributed by atoms with van der Waals surface area (Å²) in [5, 5.41) is 5.48. The minimum Gasteiger partial charge on any atom is -0.444 e. The summed E-state index contributed by atoms with van der Waals surface area (Å²) in [6.07, 6.45) is 7.82. The molecular weight excluding hydrogens is 514 g/mol. The summed E-state index contributed by atoms with van der Waals surface area (Å²) in [5.74, 6) is -2.06. The van der Waals surface area contributed by atoms with Crippen molar-refractivity contribution < 1.29 is 32.3 Å². The zero-order chi connectivity index (χ0) is 28.3. The Morgan fingerprint density at radius 3 is 2.50 bits per heavy atom. The molecule has 3 aliphatic rings. The second-order valence-electron chi connectivity index (χ2n) is 11.4. The first-order chi connectivity index (χ1) is 17.7. The Balaban J connectivity index is 1.84. The van der Waals surface area contributed by atoms with E-state index in [9.17, 15) is 27.6 Å². The number of carbonyl (C=O) groups excluding carboxylic acids is 4. The van der Waals surface area contributed by atoms with Gasteiger partial charge in [-0.3, -0.25) is 14.4 Å². The van der Waals surface area contributed by atoms with Crippen LogP contribution in [0.3, 0.4) is 0 Å². The Morgan fingerprint density at radius 1 is 1.13 bits per heavy atom. The number of fused-ring (bicyclic) bond motifs is 2. The van der Waals surface area contributed by atoms with Crippen molar-refractivity contribution in [1.29, 1.82) is 0 Å². The number of amides is 4. The third-order valence-electron chi connectivity index (χ3n) is 7.03. The summed E-state index contributed by atoms with van der Waals surface area (Å²) in [7, 11) is -1.45. The predicted octanol–water partition coefficient (Wildman–Crippen LogP) is 1.19. The molecule has 0 aromatic carbocycles. The van der Waals surface area contributed by atoms with Crippen LogP contribution in [0.2, 0.25) is 0 Å². The number of hydrogen-bond acceptors (Lipinski definition) is 7. The first-order valence-electron chi connectivity index (χ1n) is 13.2. The van der Waals surface area contributed by atoms with Crippen LogP contribution in [0.25, 0.3) is 0 Å². The van der Waals surface area contributed by atoms with E-state index >= 15 is 0 Å². The van der Waals surface area contributed by atoms with Crippen molar-refractivity contribution in [2.24, 2.45) is 5.92 Å². The fraction of sp³-hybridized carbons (Fsp3) is 0.760. The second kappa shape index (κ2) is 11.6. The highest BCUT2D eigenvalue weighted by atomic mass is 32.2. The van der Waals surface area contributed by atoms with Gasteiger partial charge in [0.15, 0.2) is 0 Å². The number of alkyl carbamates (subject to hydrolysis) is 1. The molecule has 0 bridgehead atoms. The first kappa shape index (κ1) is 29.9. The molecule has 1 aliphatic carbocycles. The van der Waals surface area contributed by atoms with Crippen LogP contribution in [0.1, 0.15) is 72.1 Å². The maximum absolute atomic E-state index is 13.6. The molecule has 2 aliphatic heterocycles. The summed E-state index contributed by atoms with van der Waals surface area (Å²) >= 11 is 0. The van der Waals surface area contributed by atoms with E-state index < -0.39 is 51.3 Å². The molecule has 4 amide bonds. The Labute approximate surface area is 225 Å². The maximum Gasteiger partial charge on any atom is 0.408 e. The zero-order valence-corrected chi connectivity index (χ0v) is 23.7. The molecular formula is C25H41N5O7S. The summed E-state index contributed by atoms with van der Waals surface area (Å²) in [6, 6.07) is -1.69. The van der Waals surface area contributed by atoms with Crippen LogP contribution >= 0.6 is 0 Å². The average molecular weight is 556 g/mol. The predicted molar refractivity (Wildman–Crippen MR) is 140 cm³/mol. The number of carbonyl (C=O) groups is 4. The standard InChI is InChI=1S/C25H41N5O7S/c1-24(2,3)37-23(34)26-18-13-10-8-6-7-9-12-17-16-25(17,22(33)28-38(35,36)29(4)5)27-20(31)19-14-11-15-30(19)21(18)32/h9,12,17-19H,6-8,10-11,13-16H2,1-5H3,(H,26,34)(H,27,31)(H,28,33)/b12-9-. The van der Waals surface area contributed by atoms with Gasteiger partial charge in [-0.15, -0.1) is 0 Å². The Bertz CT molecular complexity index is 1070. The molecule has 38 heavy (non-hydrogen) atoms. The van der Waals surface area contributed by atoms with Crippen LogP contribution < -0.4 is 15.4 Å². The van der Waals surface area contributed by atoms with Crippen LogP contribution in [-0.4, -0.2) is 85.3 Å². The van der Waals surface area contributed by atoms with Crippen molar-refractivity contribution in [2.45, 2.75) is 95.4 Å². The zero-order valence-electron chi connectivity index (χ0n) is 22.9. The highest BCUT2D eigenvalue weighted by Gasteiger charge is 2.61. The third kappa shape index (κ3) is 7.25. The lowest BCUT2D eigenvalue weighted by Gasteiger charge is -2.30. The van der Waals surface area contributed by atoms with Crippen LogP contribution in [0.4, 0.5) is 4.79 Å². The Morgan fingerprint density at radius 2 is 1.84 bits per heavy atom. The fourth-order valence-electron chi connectivity index (χ4n) is 4.84. The average Bonchev–Trinajstić information content (AvgIpc) is 3.26. The molecule has 13 heteroatoms. The molecule has 0 aromatic rings. The van der Waals surface area contributed by atoms with E-state index in [1.54, 1.807) is 20.8 Å². The molecule has 1 saturated carbocycles. The Hall–Kier alpha value is -2.67. The minimum absolute atomic E-state index is 0.257. The molecule has 12 nitrogen and oxygen atoms in total. The number of nitrogens with one attached hydrogen (secondary N) is 3. The van der Waals surface area contributed by atoms with Gasteiger partial charge in [-0.2, -0.15) is 12.7 Å². The van der Waals surface area contributed by atoms with Crippen LogP contribution in [-0.2, 0) is 29.3 Å². The molecule has 214 valence electrons. The molecule has 2 fully saturated rings. The molecule has 0 spiro atoms. The van der Waals surface area contributed by atoms with Gasteiger partial charge in [0, 0.05) is 26.6 Å². The van der Waals surface area contributed by atoms with Crippen molar-refractivity contribution in [2.75, 3.05) is 20.6 Å². The Kier molecular flexibility index (Phi) is 9.12. The van der Waals surface area contributed by atoms with Crippen molar-refractivity contribution in [3.8, 4) is 0 Å². The molecule has 0 aromatic heterocycles. The quantitative estimate of drug-likeness (QED) is 0.440. The topological polar surface area (TPSA) is 154 Å². The van der Waals surface area contributed by atoms with Gasteiger partial charge in [-0.05, 0) is 59.3 Å². The number of nitrogens with zero attached hydrogens (tertiary/aromatic N) is 2. The largest absolute Gasteiger partial charge is 0.444 e. The van der Waals surface area contributed by atoms with Crippen LogP contribution in [0.5, 0.6) is 0 Å². The van der Waals surface area contributed by atoms with E-state index in [4.69, 9.17) is 4.74 Å². The fourth-order valence-corrected chi connectivity index (χ4v) is 5.44. The lowest BCUT2D eigenvalue weighted by molar-refractivity contribution is -0.141. The van der Waals surface area contributed by atoms with E-state index in [1.165, 1.54) is 19.0 Å². The number of hydrogen-bond donors (Lipinski definition) is 3. The van der Waals surface area contributed by atoms with Gasteiger partial charge in [-0.1, -0.05) is 25.0 Å². The van der Waals surface area contributed by atoms with Crippen molar-refractivity contribution in [3.63, 3.8) is 0 Å². The second-order valence-corrected chi connectivity index (χ2v) is 13.3. The van der Waals surface area contributed by atoms with Crippen molar-refractivity contribution >= 4 is 34.0 Å². The summed E-state index contributed by atoms with van der Waals surface area (Å²) < 4.78 is 33.0. The third-order valence-corrected chi connectivity index (χ3v) is 8.43. The number of rotatable bonds is 4. The van der Waals surface area contributed by atoms with Crippen LogP contribution in [0.15, 0.2) is 12.2 Å². The van der Waals surface area contributed by atoms with Crippen molar-refractivity contribution in [1.82, 2.24) is 24.6 Å². The smallest absolute Gasteiger partial charge is 0.408 e. The number of ether oxygens (including phenoxy) is 1. The van der Waals surface area contributed by atoms with Crippen LogP contribution in [0, 0.1) is 5.92 Å². The highest BCUT2D eigenvalue weighted by Crippen LogP contribution is 2.45. The molecule has 1 saturated heterocycles. The molecule has 3 rings (SSSR count). The SMILES string of the molecule is CN(C)S(=O)(=O)NC(=O)C12CC1/C=C\CCCCCC(NC(=O)OC(C)(C)C)C(=O)N1CCCC1C(=O)N2.